The van der Waals surface area contributed by atoms with Crippen LogP contribution in [0.3, 0.4) is 0 Å². The van der Waals surface area contributed by atoms with Crippen molar-refractivity contribution in [2.45, 2.75) is 38.9 Å². The van der Waals surface area contributed by atoms with Gasteiger partial charge < -0.3 is 9.31 Å². The molecular formula is C68H52BBrN4O2. The fourth-order valence-corrected chi connectivity index (χ4v) is 11.0. The Morgan fingerprint density at radius 2 is 0.711 bits per heavy atom. The van der Waals surface area contributed by atoms with Crippen molar-refractivity contribution in [3.63, 3.8) is 0 Å². The molecule has 6 nitrogen and oxygen atoms in total. The zero-order chi connectivity index (χ0) is 51.5. The van der Waals surface area contributed by atoms with E-state index in [9.17, 15) is 0 Å². The van der Waals surface area contributed by atoms with Crippen molar-refractivity contribution in [2.24, 2.45) is 0 Å². The van der Waals surface area contributed by atoms with E-state index in [0.29, 0.717) is 0 Å². The Balaban J connectivity index is 0.000000119. The van der Waals surface area contributed by atoms with Crippen LogP contribution in [0.25, 0.3) is 110 Å². The second-order valence-electron chi connectivity index (χ2n) is 20.5. The lowest BCUT2D eigenvalue weighted by molar-refractivity contribution is 0.00578. The topological polar surface area (TPSA) is 53.1 Å². The number of rotatable bonds is 4. The molecule has 15 rings (SSSR count). The van der Waals surface area contributed by atoms with Crippen LogP contribution in [0.15, 0.2) is 247 Å². The van der Waals surface area contributed by atoms with Gasteiger partial charge in [-0.05, 0) is 132 Å². The van der Waals surface area contributed by atoms with E-state index in [1.165, 1.54) is 65.8 Å². The molecule has 14 aromatic rings. The van der Waals surface area contributed by atoms with Crippen molar-refractivity contribution in [1.82, 2.24) is 18.8 Å². The molecule has 0 radical (unpaired) electrons. The van der Waals surface area contributed by atoms with Crippen LogP contribution in [0.1, 0.15) is 27.7 Å². The molecule has 4 aromatic heterocycles. The normalized spacial score (nSPS) is 13.9. The Hall–Kier alpha value is -8.40. The minimum atomic E-state index is -0.381. The smallest absolute Gasteiger partial charge is 0.399 e. The van der Waals surface area contributed by atoms with Crippen LogP contribution in [-0.2, 0) is 9.31 Å². The van der Waals surface area contributed by atoms with E-state index < -0.39 is 0 Å². The number of nitrogens with zero attached hydrogens (tertiary/aromatic N) is 4. The molecule has 0 unspecified atom stereocenters. The second kappa shape index (κ2) is 19.1. The first-order valence-electron chi connectivity index (χ1n) is 25.8. The zero-order valence-electron chi connectivity index (χ0n) is 42.7. The number of aromatic nitrogens is 4. The summed E-state index contributed by atoms with van der Waals surface area (Å²) in [7, 11) is -0.381. The van der Waals surface area contributed by atoms with Crippen LogP contribution in [0.2, 0.25) is 0 Å². The van der Waals surface area contributed by atoms with Crippen LogP contribution < -0.4 is 5.46 Å². The summed E-state index contributed by atoms with van der Waals surface area (Å²) in [5.74, 6) is 0. The SMILES string of the molecule is Brc1ccc(-c2ccccc2)cc1.CC1(C)OB(c2ccc3c(c2)c2ccccc2c2nc4ccccc4n32)OC1(C)C.c1ccc(-c2ccc(-c3ccc4c(c3)c3ccccc3c3nc5ccccc5n43)cc2)cc1. The van der Waals surface area contributed by atoms with Gasteiger partial charge in [-0.2, -0.15) is 0 Å². The van der Waals surface area contributed by atoms with E-state index in [2.05, 4.69) is 283 Å². The summed E-state index contributed by atoms with van der Waals surface area (Å²) < 4.78 is 18.3. The van der Waals surface area contributed by atoms with E-state index in [-0.39, 0.29) is 18.3 Å². The summed E-state index contributed by atoms with van der Waals surface area (Å²) >= 11 is 3.42. The van der Waals surface area contributed by atoms with Gasteiger partial charge in [-0.25, -0.2) is 9.97 Å². The van der Waals surface area contributed by atoms with Gasteiger partial charge in [0.25, 0.3) is 0 Å². The zero-order valence-corrected chi connectivity index (χ0v) is 44.2. The molecule has 10 aromatic carbocycles. The first-order chi connectivity index (χ1) is 37.1. The Kier molecular flexibility index (Phi) is 11.9. The highest BCUT2D eigenvalue weighted by Gasteiger charge is 2.51. The Morgan fingerprint density at radius 3 is 1.21 bits per heavy atom. The molecule has 366 valence electrons. The summed E-state index contributed by atoms with van der Waals surface area (Å²) in [5.41, 5.74) is 16.3. The maximum absolute atomic E-state index is 6.31. The standard InChI is InChI=1S/C31H20N2.C25H23BN2O2.C12H9Br/c1-2-8-21(9-3-1)22-14-16-23(17-15-22)24-18-19-29-27(20-24)25-10-4-5-11-26(25)31-32-28-12-6-7-13-30(28)33(29)31;1-24(2)25(3,4)30-26(29-24)16-13-14-21-19(15-16)17-9-5-6-10-18(17)23-27-20-11-7-8-12-22(20)28(21)23;13-12-8-6-11(7-9-12)10-4-2-1-3-5-10/h1-20H;5-15H,1-4H3;1-9H. The largest absolute Gasteiger partial charge is 0.494 e. The van der Waals surface area contributed by atoms with Crippen LogP contribution in [0.5, 0.6) is 0 Å². The lowest BCUT2D eigenvalue weighted by Gasteiger charge is -2.32. The first kappa shape index (κ1) is 47.3. The maximum atomic E-state index is 6.31. The molecule has 0 aliphatic carbocycles. The van der Waals surface area contributed by atoms with Gasteiger partial charge in [0, 0.05) is 26.0 Å². The molecule has 0 bridgehead atoms. The number of hydrogen-bond donors (Lipinski definition) is 0. The molecule has 1 fully saturated rings. The average molecular weight is 1050 g/mol. The monoisotopic (exact) mass is 1050 g/mol. The van der Waals surface area contributed by atoms with E-state index in [0.717, 1.165) is 54.2 Å². The van der Waals surface area contributed by atoms with Crippen molar-refractivity contribution < 1.29 is 9.31 Å². The Morgan fingerprint density at radius 1 is 0.342 bits per heavy atom. The number of benzene rings is 10. The number of pyridine rings is 2. The fourth-order valence-electron chi connectivity index (χ4n) is 10.7. The van der Waals surface area contributed by atoms with Gasteiger partial charge in [-0.3, -0.25) is 8.80 Å². The fraction of sp³-hybridized carbons (Fsp3) is 0.0882. The summed E-state index contributed by atoms with van der Waals surface area (Å²) in [6, 6.07) is 85.1. The summed E-state index contributed by atoms with van der Waals surface area (Å²) in [6.07, 6.45) is 0. The molecule has 1 aliphatic rings. The Labute approximate surface area is 450 Å². The summed E-state index contributed by atoms with van der Waals surface area (Å²) in [6.45, 7) is 8.35. The second-order valence-corrected chi connectivity index (χ2v) is 21.4. The highest BCUT2D eigenvalue weighted by atomic mass is 79.9. The van der Waals surface area contributed by atoms with Crippen molar-refractivity contribution in [3.8, 4) is 33.4 Å². The van der Waals surface area contributed by atoms with Crippen molar-refractivity contribution in [3.05, 3.63) is 247 Å². The third kappa shape index (κ3) is 8.39. The Bertz CT molecular complexity index is 4460. The van der Waals surface area contributed by atoms with Gasteiger partial charge in [0.15, 0.2) is 0 Å². The molecule has 0 spiro atoms. The number of hydrogen-bond acceptors (Lipinski definition) is 4. The van der Waals surface area contributed by atoms with Gasteiger partial charge in [0.1, 0.15) is 11.3 Å². The predicted octanol–water partition coefficient (Wildman–Crippen LogP) is 17.3. The molecule has 0 N–H and O–H groups in total. The quantitative estimate of drug-likeness (QED) is 0.130. The minimum Gasteiger partial charge on any atom is -0.399 e. The molecule has 0 atom stereocenters. The third-order valence-electron chi connectivity index (χ3n) is 15.3. The number of halogens is 1. The maximum Gasteiger partial charge on any atom is 0.494 e. The molecular weight excluding hydrogens is 995 g/mol. The molecule has 8 heteroatoms. The number of imidazole rings is 2. The van der Waals surface area contributed by atoms with Crippen LogP contribution >= 0.6 is 15.9 Å². The van der Waals surface area contributed by atoms with Gasteiger partial charge >= 0.3 is 7.12 Å². The molecule has 0 saturated carbocycles. The average Bonchev–Trinajstić information content (AvgIpc) is 4.27. The molecule has 5 heterocycles. The van der Waals surface area contributed by atoms with Gasteiger partial charge in [-0.15, -0.1) is 0 Å². The van der Waals surface area contributed by atoms with Crippen LogP contribution in [0, 0.1) is 0 Å². The minimum absolute atomic E-state index is 0.362. The molecule has 1 aliphatic heterocycles. The van der Waals surface area contributed by atoms with Crippen molar-refractivity contribution in [2.75, 3.05) is 0 Å². The molecule has 76 heavy (non-hydrogen) atoms. The highest BCUT2D eigenvalue weighted by molar-refractivity contribution is 9.10. The third-order valence-corrected chi connectivity index (χ3v) is 15.9. The van der Waals surface area contributed by atoms with Crippen LogP contribution in [-0.4, -0.2) is 37.1 Å². The van der Waals surface area contributed by atoms with E-state index >= 15 is 0 Å². The number of fused-ring (bicyclic) bond motifs is 16. The lowest BCUT2D eigenvalue weighted by atomic mass is 9.78. The van der Waals surface area contributed by atoms with E-state index in [1.807, 2.05) is 12.1 Å². The van der Waals surface area contributed by atoms with Crippen LogP contribution in [0.4, 0.5) is 0 Å². The van der Waals surface area contributed by atoms with Crippen molar-refractivity contribution in [1.29, 1.82) is 0 Å². The van der Waals surface area contributed by atoms with Gasteiger partial charge in [-0.1, -0.05) is 204 Å². The van der Waals surface area contributed by atoms with E-state index in [1.54, 1.807) is 0 Å². The lowest BCUT2D eigenvalue weighted by Crippen LogP contribution is -2.41. The van der Waals surface area contributed by atoms with Gasteiger partial charge in [0.05, 0.1) is 44.3 Å². The first-order valence-corrected chi connectivity index (χ1v) is 26.6. The highest BCUT2D eigenvalue weighted by Crippen LogP contribution is 2.39. The van der Waals surface area contributed by atoms with Crippen molar-refractivity contribution >= 4 is 105 Å². The molecule has 1 saturated heterocycles. The van der Waals surface area contributed by atoms with Gasteiger partial charge in [0.2, 0.25) is 0 Å². The van der Waals surface area contributed by atoms with E-state index in [4.69, 9.17) is 19.3 Å². The summed E-state index contributed by atoms with van der Waals surface area (Å²) in [4.78, 5) is 9.92. The molecule has 0 amide bonds. The number of para-hydroxylation sites is 4. The summed E-state index contributed by atoms with van der Waals surface area (Å²) in [5, 5.41) is 7.16. The predicted molar refractivity (Wildman–Crippen MR) is 322 cm³/mol.